The smallest absolute Gasteiger partial charge is 0.191 e. The molecule has 0 aromatic heterocycles. The second-order valence-corrected chi connectivity index (χ2v) is 7.69. The number of ether oxygens (including phenoxy) is 1. The van der Waals surface area contributed by atoms with E-state index in [1.165, 1.54) is 12.0 Å². The zero-order valence-corrected chi connectivity index (χ0v) is 22.4. The molecule has 1 rings (SSSR count). The summed E-state index contributed by atoms with van der Waals surface area (Å²) in [6.07, 6.45) is 2.33. The van der Waals surface area contributed by atoms with Crippen LogP contribution in [-0.2, 0) is 0 Å². The van der Waals surface area contributed by atoms with Gasteiger partial charge in [-0.1, -0.05) is 26.0 Å². The van der Waals surface area contributed by atoms with Gasteiger partial charge in [0.25, 0.3) is 0 Å². The topological polar surface area (TPSA) is 52.1 Å². The van der Waals surface area contributed by atoms with Crippen LogP contribution in [0.15, 0.2) is 29.3 Å². The van der Waals surface area contributed by atoms with Crippen molar-refractivity contribution in [2.24, 2.45) is 4.99 Å². The molecule has 0 aliphatic carbocycles. The number of rotatable bonds is 13. The van der Waals surface area contributed by atoms with Gasteiger partial charge in [0.15, 0.2) is 5.96 Å². The molecule has 1 aromatic carbocycles. The molecule has 0 fully saturated rings. The molecule has 30 heavy (non-hydrogen) atoms. The van der Waals surface area contributed by atoms with E-state index in [0.717, 1.165) is 44.3 Å². The normalized spacial score (nSPS) is 13.7. The summed E-state index contributed by atoms with van der Waals surface area (Å²) in [4.78, 5) is 9.56. The molecule has 2 N–H and O–H groups in total. The highest BCUT2D eigenvalue weighted by Gasteiger charge is 2.15. The SMILES string of the molecule is CCNC(=NCC(c1cccc(OC)c1)N(C)C)NC(C)CCCN(CC)CC.I. The van der Waals surface area contributed by atoms with Gasteiger partial charge in [0.2, 0.25) is 0 Å². The average molecular weight is 534 g/mol. The van der Waals surface area contributed by atoms with Crippen LogP contribution in [0.3, 0.4) is 0 Å². The van der Waals surface area contributed by atoms with E-state index < -0.39 is 0 Å². The summed E-state index contributed by atoms with van der Waals surface area (Å²) < 4.78 is 5.39. The monoisotopic (exact) mass is 533 g/mol. The number of aliphatic imine (C=N–C) groups is 1. The number of guanidine groups is 1. The fraction of sp³-hybridized carbons (Fsp3) is 0.696. The molecule has 7 heteroatoms. The molecule has 0 spiro atoms. The van der Waals surface area contributed by atoms with E-state index in [4.69, 9.17) is 9.73 Å². The van der Waals surface area contributed by atoms with E-state index in [9.17, 15) is 0 Å². The van der Waals surface area contributed by atoms with E-state index in [1.807, 2.05) is 12.1 Å². The van der Waals surface area contributed by atoms with Crippen molar-refractivity contribution in [1.29, 1.82) is 0 Å². The first-order valence-corrected chi connectivity index (χ1v) is 11.0. The first kappa shape index (κ1) is 28.9. The molecular formula is C23H44IN5O. The summed E-state index contributed by atoms with van der Waals surface area (Å²) in [6.45, 7) is 13.7. The predicted octanol–water partition coefficient (Wildman–Crippen LogP) is 3.98. The molecule has 1 aromatic rings. The lowest BCUT2D eigenvalue weighted by Gasteiger charge is -2.25. The summed E-state index contributed by atoms with van der Waals surface area (Å²) in [5.74, 6) is 1.77. The van der Waals surface area contributed by atoms with Crippen LogP contribution in [0.2, 0.25) is 0 Å². The van der Waals surface area contributed by atoms with Gasteiger partial charge in [-0.15, -0.1) is 24.0 Å². The number of hydrogen-bond acceptors (Lipinski definition) is 4. The van der Waals surface area contributed by atoms with Gasteiger partial charge in [-0.3, -0.25) is 4.99 Å². The highest BCUT2D eigenvalue weighted by Crippen LogP contribution is 2.22. The Bertz CT molecular complexity index is 593. The van der Waals surface area contributed by atoms with Crippen molar-refractivity contribution in [3.63, 3.8) is 0 Å². The van der Waals surface area contributed by atoms with Crippen LogP contribution in [0.4, 0.5) is 0 Å². The molecule has 0 aliphatic heterocycles. The first-order valence-electron chi connectivity index (χ1n) is 11.0. The Labute approximate surface area is 201 Å². The predicted molar refractivity (Wildman–Crippen MR) is 140 cm³/mol. The fourth-order valence-corrected chi connectivity index (χ4v) is 3.38. The largest absolute Gasteiger partial charge is 0.497 e. The van der Waals surface area contributed by atoms with E-state index in [0.29, 0.717) is 12.6 Å². The van der Waals surface area contributed by atoms with E-state index in [1.54, 1.807) is 7.11 Å². The van der Waals surface area contributed by atoms with Gasteiger partial charge in [-0.25, -0.2) is 0 Å². The standard InChI is InChI=1S/C23H43N5O.HI/c1-8-24-23(26-19(4)13-12-16-28(9-2)10-3)25-18-22(27(5)6)20-14-11-15-21(17-20)29-7;/h11,14-15,17,19,22H,8-10,12-13,16,18H2,1-7H3,(H2,24,25,26);1H. The summed E-state index contributed by atoms with van der Waals surface area (Å²) in [7, 11) is 5.89. The molecule has 0 aliphatic rings. The summed E-state index contributed by atoms with van der Waals surface area (Å²) in [5, 5.41) is 6.96. The third-order valence-electron chi connectivity index (χ3n) is 5.26. The number of likely N-dealkylation sites (N-methyl/N-ethyl adjacent to an activating group) is 1. The number of hydrogen-bond donors (Lipinski definition) is 2. The number of nitrogens with one attached hydrogen (secondary N) is 2. The van der Waals surface area contributed by atoms with Crippen LogP contribution in [0, 0.1) is 0 Å². The Morgan fingerprint density at radius 1 is 1.17 bits per heavy atom. The lowest BCUT2D eigenvalue weighted by atomic mass is 10.1. The molecule has 6 nitrogen and oxygen atoms in total. The number of benzene rings is 1. The van der Waals surface area contributed by atoms with Crippen molar-refractivity contribution in [1.82, 2.24) is 20.4 Å². The zero-order chi connectivity index (χ0) is 21.6. The van der Waals surface area contributed by atoms with Crippen LogP contribution in [-0.4, -0.2) is 75.7 Å². The van der Waals surface area contributed by atoms with Gasteiger partial charge in [-0.2, -0.15) is 0 Å². The van der Waals surface area contributed by atoms with Crippen molar-refractivity contribution >= 4 is 29.9 Å². The second-order valence-electron chi connectivity index (χ2n) is 7.69. The number of methoxy groups -OCH3 is 1. The highest BCUT2D eigenvalue weighted by molar-refractivity contribution is 14.0. The molecule has 0 bridgehead atoms. The molecule has 0 heterocycles. The Kier molecular flexibility index (Phi) is 16.0. The molecule has 0 saturated heterocycles. The highest BCUT2D eigenvalue weighted by atomic mass is 127. The quantitative estimate of drug-likeness (QED) is 0.228. The Morgan fingerprint density at radius 2 is 1.87 bits per heavy atom. The van der Waals surface area contributed by atoms with E-state index >= 15 is 0 Å². The zero-order valence-electron chi connectivity index (χ0n) is 20.1. The van der Waals surface area contributed by atoms with E-state index in [2.05, 4.69) is 74.4 Å². The minimum Gasteiger partial charge on any atom is -0.497 e. The fourth-order valence-electron chi connectivity index (χ4n) is 3.38. The molecular weight excluding hydrogens is 489 g/mol. The number of halogens is 1. The molecule has 0 amide bonds. The summed E-state index contributed by atoms with van der Waals surface area (Å²) >= 11 is 0. The van der Waals surface area contributed by atoms with Gasteiger partial charge in [0.05, 0.1) is 19.7 Å². The lowest BCUT2D eigenvalue weighted by Crippen LogP contribution is -2.43. The van der Waals surface area contributed by atoms with Crippen molar-refractivity contribution < 1.29 is 4.74 Å². The van der Waals surface area contributed by atoms with E-state index in [-0.39, 0.29) is 30.0 Å². The van der Waals surface area contributed by atoms with Gasteiger partial charge < -0.3 is 25.2 Å². The maximum Gasteiger partial charge on any atom is 0.191 e. The van der Waals surface area contributed by atoms with Crippen LogP contribution in [0.25, 0.3) is 0 Å². The van der Waals surface area contributed by atoms with Crippen LogP contribution in [0.5, 0.6) is 5.75 Å². The molecule has 0 saturated carbocycles. The molecule has 2 atom stereocenters. The van der Waals surface area contributed by atoms with Crippen molar-refractivity contribution in [2.75, 3.05) is 53.9 Å². The minimum atomic E-state index is 0. The Morgan fingerprint density at radius 3 is 2.43 bits per heavy atom. The third-order valence-corrected chi connectivity index (χ3v) is 5.26. The first-order chi connectivity index (χ1) is 13.9. The third kappa shape index (κ3) is 10.8. The van der Waals surface area contributed by atoms with Crippen molar-refractivity contribution in [3.8, 4) is 5.75 Å². The van der Waals surface area contributed by atoms with Gasteiger partial charge in [0, 0.05) is 12.6 Å². The molecule has 2 unspecified atom stereocenters. The maximum absolute atomic E-state index is 5.39. The van der Waals surface area contributed by atoms with Crippen LogP contribution >= 0.6 is 24.0 Å². The minimum absolute atomic E-state index is 0. The van der Waals surface area contributed by atoms with Crippen LogP contribution in [0.1, 0.15) is 52.1 Å². The average Bonchev–Trinajstić information content (AvgIpc) is 2.71. The Hall–Kier alpha value is -1.06. The van der Waals surface area contributed by atoms with Crippen LogP contribution < -0.4 is 15.4 Å². The van der Waals surface area contributed by atoms with Gasteiger partial charge in [0.1, 0.15) is 5.75 Å². The van der Waals surface area contributed by atoms with Crippen molar-refractivity contribution in [3.05, 3.63) is 29.8 Å². The van der Waals surface area contributed by atoms with Gasteiger partial charge >= 0.3 is 0 Å². The summed E-state index contributed by atoms with van der Waals surface area (Å²) in [6, 6.07) is 8.83. The number of nitrogens with zero attached hydrogens (tertiary/aromatic N) is 3. The maximum atomic E-state index is 5.39. The molecule has 0 radical (unpaired) electrons. The molecule has 174 valence electrons. The summed E-state index contributed by atoms with van der Waals surface area (Å²) in [5.41, 5.74) is 1.21. The second kappa shape index (κ2) is 16.6. The van der Waals surface area contributed by atoms with Gasteiger partial charge in [-0.05, 0) is 78.1 Å². The lowest BCUT2D eigenvalue weighted by molar-refractivity contribution is 0.292. The van der Waals surface area contributed by atoms with Crippen molar-refractivity contribution in [2.45, 2.75) is 52.6 Å². The Balaban J connectivity index is 0.00000841.